The highest BCUT2D eigenvalue weighted by atomic mass is 14.0. The van der Waals surface area contributed by atoms with Crippen LogP contribution in [0.3, 0.4) is 0 Å². The molecule has 1 heteroatoms. The first-order valence-corrected chi connectivity index (χ1v) is 1.21. The minimum atomic E-state index is 0. The molecule has 0 saturated carbocycles. The predicted octanol–water partition coefficient (Wildman–Crippen LogP) is 1.39. The van der Waals surface area contributed by atoms with Crippen LogP contribution < -0.4 is 6.15 Å². The molecule has 0 spiro atoms. The van der Waals surface area contributed by atoms with Gasteiger partial charge in [-0.3, -0.25) is 0 Å². The maximum absolute atomic E-state index is 3.49. The Morgan fingerprint density at radius 2 is 1.75 bits per heavy atom. The van der Waals surface area contributed by atoms with Crippen molar-refractivity contribution in [3.63, 3.8) is 0 Å². The standard InChI is InChI=1S/C3H7.H3N/c1-3-2;/h1,3H2,2H3;1H3. The van der Waals surface area contributed by atoms with E-state index in [1.54, 1.807) is 0 Å². The van der Waals surface area contributed by atoms with Crippen LogP contribution in [-0.2, 0) is 0 Å². The Kier molecular flexibility index (Phi) is 27.9. The van der Waals surface area contributed by atoms with Crippen LogP contribution in [0.15, 0.2) is 0 Å². The summed E-state index contributed by atoms with van der Waals surface area (Å²) in [5.41, 5.74) is 0. The van der Waals surface area contributed by atoms with Crippen LogP contribution in [0, 0.1) is 6.92 Å². The molecule has 0 aliphatic carbocycles. The van der Waals surface area contributed by atoms with Crippen molar-refractivity contribution >= 4 is 0 Å². The lowest BCUT2D eigenvalue weighted by atomic mass is 10.6. The Balaban J connectivity index is 0. The van der Waals surface area contributed by atoms with Gasteiger partial charge in [-0.05, 0) is 0 Å². The molecule has 0 fully saturated rings. The summed E-state index contributed by atoms with van der Waals surface area (Å²) in [6.07, 6.45) is 1.00. The van der Waals surface area contributed by atoms with E-state index in [9.17, 15) is 0 Å². The topological polar surface area (TPSA) is 35.0 Å². The van der Waals surface area contributed by atoms with E-state index in [0.717, 1.165) is 6.42 Å². The third-order valence-corrected chi connectivity index (χ3v) is 0. The first-order valence-electron chi connectivity index (χ1n) is 1.21. The fourth-order valence-electron chi connectivity index (χ4n) is 0. The molecule has 3 N–H and O–H groups in total. The SMILES string of the molecule is N.[CH2]CC. The molecule has 0 unspecified atom stereocenters. The van der Waals surface area contributed by atoms with Crippen molar-refractivity contribution in [3.8, 4) is 0 Å². The van der Waals surface area contributed by atoms with Gasteiger partial charge in [-0.1, -0.05) is 20.3 Å². The second-order valence-electron chi connectivity index (χ2n) is 0.500. The van der Waals surface area contributed by atoms with Gasteiger partial charge in [-0.2, -0.15) is 0 Å². The van der Waals surface area contributed by atoms with E-state index < -0.39 is 0 Å². The van der Waals surface area contributed by atoms with Gasteiger partial charge >= 0.3 is 0 Å². The molecular weight excluding hydrogens is 50.0 g/mol. The van der Waals surface area contributed by atoms with Crippen molar-refractivity contribution in [1.82, 2.24) is 6.15 Å². The monoisotopic (exact) mass is 60.1 g/mol. The Labute approximate surface area is 27.6 Å². The van der Waals surface area contributed by atoms with Crippen LogP contribution in [0.2, 0.25) is 0 Å². The van der Waals surface area contributed by atoms with Crippen LogP contribution in [0.4, 0.5) is 0 Å². The lowest BCUT2D eigenvalue weighted by Crippen LogP contribution is -1.29. The fourth-order valence-corrected chi connectivity index (χ4v) is 0. The summed E-state index contributed by atoms with van der Waals surface area (Å²) < 4.78 is 0. The van der Waals surface area contributed by atoms with Crippen molar-refractivity contribution in [2.45, 2.75) is 13.3 Å². The fraction of sp³-hybridized carbons (Fsp3) is 0.667. The Bertz CT molecular complexity index is 3.25. The van der Waals surface area contributed by atoms with Crippen LogP contribution in [0.1, 0.15) is 13.3 Å². The molecule has 0 rings (SSSR count). The van der Waals surface area contributed by atoms with E-state index in [4.69, 9.17) is 0 Å². The molecule has 0 saturated heterocycles. The quantitative estimate of drug-likeness (QED) is 0.450. The zero-order chi connectivity index (χ0) is 2.71. The van der Waals surface area contributed by atoms with Gasteiger partial charge in [0.15, 0.2) is 0 Å². The lowest BCUT2D eigenvalue weighted by molar-refractivity contribution is 1.23. The molecule has 0 aromatic carbocycles. The van der Waals surface area contributed by atoms with E-state index >= 15 is 0 Å². The van der Waals surface area contributed by atoms with Gasteiger partial charge in [-0.15, -0.1) is 0 Å². The highest BCUT2D eigenvalue weighted by Crippen LogP contribution is 1.54. The van der Waals surface area contributed by atoms with Gasteiger partial charge in [0.1, 0.15) is 0 Å². The minimum Gasteiger partial charge on any atom is -0.344 e. The molecule has 0 aliphatic rings. The maximum atomic E-state index is 3.49. The largest absolute Gasteiger partial charge is 0.344 e. The summed E-state index contributed by atoms with van der Waals surface area (Å²) in [5, 5.41) is 0. The molecule has 0 aliphatic heterocycles. The van der Waals surface area contributed by atoms with Crippen LogP contribution in [0.5, 0.6) is 0 Å². The molecule has 1 radical (unpaired) electrons. The Morgan fingerprint density at radius 3 is 1.75 bits per heavy atom. The number of rotatable bonds is 0. The van der Waals surface area contributed by atoms with Gasteiger partial charge in [0.25, 0.3) is 0 Å². The van der Waals surface area contributed by atoms with Crippen molar-refractivity contribution < 1.29 is 0 Å². The average Bonchev–Trinajstić information content (AvgIpc) is 0.918. The molecule has 0 aromatic heterocycles. The van der Waals surface area contributed by atoms with Crippen molar-refractivity contribution in [1.29, 1.82) is 0 Å². The second kappa shape index (κ2) is 12.3. The van der Waals surface area contributed by atoms with Crippen LogP contribution in [0.25, 0.3) is 0 Å². The second-order valence-corrected chi connectivity index (χ2v) is 0.500. The van der Waals surface area contributed by atoms with E-state index in [0.29, 0.717) is 0 Å². The first kappa shape index (κ1) is 9.03. The molecule has 0 heterocycles. The van der Waals surface area contributed by atoms with Gasteiger partial charge in [0.2, 0.25) is 0 Å². The highest BCUT2D eigenvalue weighted by Gasteiger charge is 1.36. The maximum Gasteiger partial charge on any atom is -0.0536 e. The first-order chi connectivity index (χ1) is 1.41. The molecule has 1 nitrogen and oxygen atoms in total. The van der Waals surface area contributed by atoms with Crippen molar-refractivity contribution in [2.75, 3.05) is 0 Å². The van der Waals surface area contributed by atoms with Gasteiger partial charge in [-0.25, -0.2) is 0 Å². The van der Waals surface area contributed by atoms with Crippen LogP contribution >= 0.6 is 0 Å². The smallest absolute Gasteiger partial charge is 0.0536 e. The molecule has 0 aromatic rings. The van der Waals surface area contributed by atoms with E-state index in [1.807, 2.05) is 6.92 Å². The summed E-state index contributed by atoms with van der Waals surface area (Å²) in [5.74, 6) is 0. The van der Waals surface area contributed by atoms with E-state index in [1.165, 1.54) is 0 Å². The molecule has 0 atom stereocenters. The van der Waals surface area contributed by atoms with E-state index in [2.05, 4.69) is 6.92 Å². The lowest BCUT2D eigenvalue weighted by Gasteiger charge is -1.47. The third kappa shape index (κ3) is 1130. The van der Waals surface area contributed by atoms with Gasteiger partial charge in [0.05, 0.1) is 0 Å². The summed E-state index contributed by atoms with van der Waals surface area (Å²) in [6.45, 7) is 5.50. The number of hydrogen-bond acceptors (Lipinski definition) is 1. The zero-order valence-corrected chi connectivity index (χ0v) is 3.12. The Morgan fingerprint density at radius 1 is 1.75 bits per heavy atom. The van der Waals surface area contributed by atoms with Crippen LogP contribution in [-0.4, -0.2) is 0 Å². The average molecular weight is 60.1 g/mol. The van der Waals surface area contributed by atoms with Crippen molar-refractivity contribution in [3.05, 3.63) is 6.92 Å². The summed E-state index contributed by atoms with van der Waals surface area (Å²) in [7, 11) is 0. The molecular formula is C3H10N. The van der Waals surface area contributed by atoms with Crippen molar-refractivity contribution in [2.24, 2.45) is 0 Å². The zero-order valence-electron chi connectivity index (χ0n) is 3.12. The Hall–Kier alpha value is -0.0400. The molecule has 4 heavy (non-hydrogen) atoms. The normalized spacial score (nSPS) is 4.50. The van der Waals surface area contributed by atoms with E-state index in [-0.39, 0.29) is 6.15 Å². The summed E-state index contributed by atoms with van der Waals surface area (Å²) in [6, 6.07) is 0. The predicted molar refractivity (Wildman–Crippen MR) is 20.7 cm³/mol. The highest BCUT2D eigenvalue weighted by molar-refractivity contribution is 4.18. The summed E-state index contributed by atoms with van der Waals surface area (Å²) >= 11 is 0. The minimum absolute atomic E-state index is 0. The number of hydrogen-bond donors (Lipinski definition) is 1. The molecule has 0 amide bonds. The summed E-state index contributed by atoms with van der Waals surface area (Å²) in [4.78, 5) is 0. The third-order valence-electron chi connectivity index (χ3n) is 0. The molecule has 0 bridgehead atoms. The van der Waals surface area contributed by atoms with Gasteiger partial charge < -0.3 is 6.15 Å². The molecule has 27 valence electrons. The van der Waals surface area contributed by atoms with Gasteiger partial charge in [0, 0.05) is 0 Å².